The second-order valence-corrected chi connectivity index (χ2v) is 4.78. The zero-order valence-corrected chi connectivity index (χ0v) is 10.0. The monoisotopic (exact) mass is 223 g/mol. The van der Waals surface area contributed by atoms with Crippen LogP contribution in [-0.2, 0) is 4.74 Å². The molecule has 0 heterocycles. The largest absolute Gasteiger partial charge is 0.382 e. The van der Waals surface area contributed by atoms with Gasteiger partial charge in [0.25, 0.3) is 0 Å². The normalized spacial score (nSPS) is 24.7. The predicted octanol–water partition coefficient (Wildman–Crippen LogP) is 3.00. The van der Waals surface area contributed by atoms with E-state index >= 15 is 0 Å². The second kappa shape index (κ2) is 4.90. The summed E-state index contributed by atoms with van der Waals surface area (Å²) in [5.41, 5.74) is 1.22. The van der Waals surface area contributed by atoms with Gasteiger partial charge in [0, 0.05) is 23.7 Å². The fourth-order valence-corrected chi connectivity index (χ4v) is 2.28. The van der Waals surface area contributed by atoms with Gasteiger partial charge >= 0.3 is 0 Å². The molecule has 82 valence electrons. The molecule has 0 aromatic heterocycles. The van der Waals surface area contributed by atoms with Gasteiger partial charge in [0.2, 0.25) is 0 Å². The van der Waals surface area contributed by atoms with E-state index in [2.05, 4.69) is 35.8 Å². The molecule has 2 rings (SSSR count). The Morgan fingerprint density at radius 1 is 1.40 bits per heavy atom. The quantitative estimate of drug-likeness (QED) is 0.793. The van der Waals surface area contributed by atoms with Gasteiger partial charge in [-0.05, 0) is 37.3 Å². The first-order chi connectivity index (χ1) is 7.31. The molecule has 0 saturated heterocycles. The first kappa shape index (κ1) is 10.8. The molecular weight excluding hydrogens is 206 g/mol. The summed E-state index contributed by atoms with van der Waals surface area (Å²) in [6.07, 6.45) is 4.81. The minimum absolute atomic E-state index is 0.464. The van der Waals surface area contributed by atoms with Crippen LogP contribution in [0.4, 0.5) is 5.69 Å². The van der Waals surface area contributed by atoms with Crippen molar-refractivity contribution in [3.63, 3.8) is 0 Å². The van der Waals surface area contributed by atoms with Gasteiger partial charge in [-0.25, -0.2) is 0 Å². The molecule has 15 heavy (non-hydrogen) atoms. The van der Waals surface area contributed by atoms with Crippen LogP contribution >= 0.6 is 11.8 Å². The number of benzene rings is 1. The van der Waals surface area contributed by atoms with Crippen LogP contribution in [0.5, 0.6) is 0 Å². The lowest BCUT2D eigenvalue weighted by atomic mass is 9.89. The van der Waals surface area contributed by atoms with Gasteiger partial charge < -0.3 is 10.1 Å². The molecule has 2 nitrogen and oxygen atoms in total. The molecule has 0 unspecified atom stereocenters. The Kier molecular flexibility index (Phi) is 3.54. The van der Waals surface area contributed by atoms with Gasteiger partial charge in [0.1, 0.15) is 0 Å². The molecule has 1 aliphatic carbocycles. The molecule has 1 aromatic rings. The van der Waals surface area contributed by atoms with Crippen LogP contribution in [0, 0.1) is 0 Å². The highest BCUT2D eigenvalue weighted by Gasteiger charge is 2.28. The van der Waals surface area contributed by atoms with Crippen LogP contribution in [-0.4, -0.2) is 25.5 Å². The number of thioether (sulfide) groups is 1. The van der Waals surface area contributed by atoms with E-state index in [4.69, 9.17) is 4.74 Å². The number of rotatable bonds is 4. The Morgan fingerprint density at radius 2 is 2.20 bits per heavy atom. The van der Waals surface area contributed by atoms with Crippen LogP contribution in [0.3, 0.4) is 0 Å². The molecule has 0 amide bonds. The van der Waals surface area contributed by atoms with Crippen molar-refractivity contribution in [3.05, 3.63) is 24.3 Å². The second-order valence-electron chi connectivity index (χ2n) is 3.90. The average Bonchev–Trinajstić information content (AvgIpc) is 2.23. The van der Waals surface area contributed by atoms with Crippen molar-refractivity contribution in [1.82, 2.24) is 0 Å². The lowest BCUT2D eigenvalue weighted by Crippen LogP contribution is -2.40. The van der Waals surface area contributed by atoms with Crippen LogP contribution in [0.1, 0.15) is 12.8 Å². The third-order valence-electron chi connectivity index (χ3n) is 2.87. The molecule has 0 spiro atoms. The Hall–Kier alpha value is -0.670. The maximum Gasteiger partial charge on any atom is 0.0610 e. The van der Waals surface area contributed by atoms with E-state index in [1.807, 2.05) is 0 Å². The summed E-state index contributed by atoms with van der Waals surface area (Å²) in [5.74, 6) is 0. The first-order valence-corrected chi connectivity index (χ1v) is 6.47. The standard InChI is InChI=1S/C12H17NOS/c1-14-11-6-10(7-11)13-9-4-3-5-12(8-9)15-2/h3-5,8,10-11,13H,6-7H2,1-2H3. The highest BCUT2D eigenvalue weighted by atomic mass is 32.2. The van der Waals surface area contributed by atoms with Gasteiger partial charge in [0.15, 0.2) is 0 Å². The van der Waals surface area contributed by atoms with Crippen LogP contribution in [0.25, 0.3) is 0 Å². The predicted molar refractivity (Wildman–Crippen MR) is 65.7 cm³/mol. The van der Waals surface area contributed by atoms with Gasteiger partial charge in [0.05, 0.1) is 6.10 Å². The molecule has 1 saturated carbocycles. The van der Waals surface area contributed by atoms with E-state index in [0.29, 0.717) is 12.1 Å². The summed E-state index contributed by atoms with van der Waals surface area (Å²) < 4.78 is 5.25. The molecule has 1 N–H and O–H groups in total. The molecule has 0 bridgehead atoms. The lowest BCUT2D eigenvalue weighted by molar-refractivity contribution is 0.0329. The number of methoxy groups -OCH3 is 1. The molecule has 1 fully saturated rings. The van der Waals surface area contributed by atoms with Crippen molar-refractivity contribution in [2.75, 3.05) is 18.7 Å². The molecule has 0 atom stereocenters. The van der Waals surface area contributed by atoms with Crippen LogP contribution in [0.15, 0.2) is 29.2 Å². The Morgan fingerprint density at radius 3 is 2.87 bits per heavy atom. The summed E-state index contributed by atoms with van der Waals surface area (Å²) >= 11 is 1.78. The summed E-state index contributed by atoms with van der Waals surface area (Å²) in [6, 6.07) is 9.15. The Balaban J connectivity index is 1.88. The lowest BCUT2D eigenvalue weighted by Gasteiger charge is -2.35. The number of anilines is 1. The highest BCUT2D eigenvalue weighted by molar-refractivity contribution is 7.98. The van der Waals surface area contributed by atoms with E-state index in [9.17, 15) is 0 Å². The smallest absolute Gasteiger partial charge is 0.0610 e. The zero-order valence-electron chi connectivity index (χ0n) is 9.19. The molecule has 3 heteroatoms. The average molecular weight is 223 g/mol. The molecule has 1 aliphatic rings. The summed E-state index contributed by atoms with van der Waals surface area (Å²) in [5, 5.41) is 3.52. The highest BCUT2D eigenvalue weighted by Crippen LogP contribution is 2.27. The molecule has 0 radical (unpaired) electrons. The van der Waals surface area contributed by atoms with Gasteiger partial charge in [-0.3, -0.25) is 0 Å². The van der Waals surface area contributed by atoms with E-state index in [1.165, 1.54) is 10.6 Å². The molecule has 0 aliphatic heterocycles. The summed E-state index contributed by atoms with van der Waals surface area (Å²) in [7, 11) is 1.79. The number of ether oxygens (including phenoxy) is 1. The van der Waals surface area contributed by atoms with Gasteiger partial charge in [-0.2, -0.15) is 0 Å². The third-order valence-corrected chi connectivity index (χ3v) is 3.59. The van der Waals surface area contributed by atoms with Gasteiger partial charge in [-0.15, -0.1) is 11.8 Å². The maximum atomic E-state index is 5.25. The van der Waals surface area contributed by atoms with E-state index in [-0.39, 0.29) is 0 Å². The number of hydrogen-bond acceptors (Lipinski definition) is 3. The maximum absolute atomic E-state index is 5.25. The summed E-state index contributed by atoms with van der Waals surface area (Å²) in [4.78, 5) is 1.31. The van der Waals surface area contributed by atoms with Gasteiger partial charge in [-0.1, -0.05) is 6.07 Å². The van der Waals surface area contributed by atoms with Crippen LogP contribution in [0.2, 0.25) is 0 Å². The summed E-state index contributed by atoms with van der Waals surface area (Å²) in [6.45, 7) is 0. The number of hydrogen-bond donors (Lipinski definition) is 1. The molecular formula is C12H17NOS. The zero-order chi connectivity index (χ0) is 10.7. The Bertz CT molecular complexity index is 323. The van der Waals surface area contributed by atoms with Crippen molar-refractivity contribution in [2.24, 2.45) is 0 Å². The van der Waals surface area contributed by atoms with Crippen molar-refractivity contribution < 1.29 is 4.74 Å². The topological polar surface area (TPSA) is 21.3 Å². The van der Waals surface area contributed by atoms with E-state index in [0.717, 1.165) is 12.8 Å². The Labute approximate surface area is 95.4 Å². The van der Waals surface area contributed by atoms with Crippen molar-refractivity contribution in [2.45, 2.75) is 29.9 Å². The fraction of sp³-hybridized carbons (Fsp3) is 0.500. The van der Waals surface area contributed by atoms with Crippen molar-refractivity contribution in [1.29, 1.82) is 0 Å². The minimum atomic E-state index is 0.464. The van der Waals surface area contributed by atoms with Crippen molar-refractivity contribution >= 4 is 17.4 Å². The molecule has 1 aromatic carbocycles. The van der Waals surface area contributed by atoms with Crippen molar-refractivity contribution in [3.8, 4) is 0 Å². The SMILES string of the molecule is COC1CC(Nc2cccc(SC)c2)C1. The minimum Gasteiger partial charge on any atom is -0.382 e. The van der Waals surface area contributed by atoms with E-state index in [1.54, 1.807) is 18.9 Å². The third kappa shape index (κ3) is 2.67. The fourth-order valence-electron chi connectivity index (χ4n) is 1.82. The van der Waals surface area contributed by atoms with Crippen LogP contribution < -0.4 is 5.32 Å². The van der Waals surface area contributed by atoms with E-state index < -0.39 is 0 Å². The first-order valence-electron chi connectivity index (χ1n) is 5.25. The number of nitrogens with one attached hydrogen (secondary N) is 1.